The molecule has 31 heavy (non-hydrogen) atoms. The summed E-state index contributed by atoms with van der Waals surface area (Å²) in [5.41, 5.74) is 1.40. The molecular formula is C25H35N3O3. The number of aromatic nitrogens is 1. The first kappa shape index (κ1) is 22.1. The van der Waals surface area contributed by atoms with Crippen molar-refractivity contribution in [2.45, 2.75) is 31.1 Å². The van der Waals surface area contributed by atoms with Crippen molar-refractivity contribution in [1.29, 1.82) is 0 Å². The molecule has 0 atom stereocenters. The molecule has 0 amide bonds. The molecule has 2 fully saturated rings. The minimum Gasteiger partial charge on any atom is -0.494 e. The van der Waals surface area contributed by atoms with E-state index in [1.165, 1.54) is 5.56 Å². The number of hydrogen-bond acceptors (Lipinski definition) is 6. The third-order valence-corrected chi connectivity index (χ3v) is 6.39. The summed E-state index contributed by atoms with van der Waals surface area (Å²) in [6.45, 7) is 8.18. The van der Waals surface area contributed by atoms with E-state index in [1.54, 1.807) is 0 Å². The van der Waals surface area contributed by atoms with Gasteiger partial charge in [0.05, 0.1) is 13.2 Å². The van der Waals surface area contributed by atoms with Crippen LogP contribution in [0, 0.1) is 0 Å². The molecule has 6 nitrogen and oxygen atoms in total. The molecule has 0 bridgehead atoms. The summed E-state index contributed by atoms with van der Waals surface area (Å²) in [5.74, 6) is 1.87. The standard InChI is InChI=1S/C25H35N3O3/c1-2-12-26-24(5-1)27-21-25(10-18-30-19-11-25)22-6-8-23(9-7-22)31-17-4-14-28-13-3-16-29-20-15-28/h1-2,5-9,12H,3-4,10-11,13-21H2,(H,26,27). The molecule has 168 valence electrons. The average molecular weight is 426 g/mol. The van der Waals surface area contributed by atoms with Crippen LogP contribution >= 0.6 is 0 Å². The molecule has 2 aliphatic rings. The van der Waals surface area contributed by atoms with E-state index in [2.05, 4.69) is 39.5 Å². The molecule has 0 spiro atoms. The van der Waals surface area contributed by atoms with E-state index >= 15 is 0 Å². The average Bonchev–Trinajstić information content (AvgIpc) is 3.11. The highest BCUT2D eigenvalue weighted by Gasteiger charge is 2.34. The molecule has 2 saturated heterocycles. The van der Waals surface area contributed by atoms with Crippen LogP contribution in [0.2, 0.25) is 0 Å². The van der Waals surface area contributed by atoms with Crippen LogP contribution in [0.3, 0.4) is 0 Å². The lowest BCUT2D eigenvalue weighted by molar-refractivity contribution is 0.0543. The van der Waals surface area contributed by atoms with E-state index in [0.717, 1.165) is 96.5 Å². The van der Waals surface area contributed by atoms with Gasteiger partial charge in [-0.25, -0.2) is 4.98 Å². The maximum Gasteiger partial charge on any atom is 0.125 e. The Kier molecular flexibility index (Phi) is 8.16. The smallest absolute Gasteiger partial charge is 0.125 e. The van der Waals surface area contributed by atoms with Gasteiger partial charge >= 0.3 is 0 Å². The van der Waals surface area contributed by atoms with Gasteiger partial charge in [0.25, 0.3) is 0 Å². The Morgan fingerprint density at radius 3 is 2.61 bits per heavy atom. The number of hydrogen-bond donors (Lipinski definition) is 1. The summed E-state index contributed by atoms with van der Waals surface area (Å²) in [7, 11) is 0. The molecular weight excluding hydrogens is 390 g/mol. The molecule has 6 heteroatoms. The molecule has 2 aliphatic heterocycles. The largest absolute Gasteiger partial charge is 0.494 e. The monoisotopic (exact) mass is 425 g/mol. The van der Waals surface area contributed by atoms with Crippen LogP contribution in [-0.2, 0) is 14.9 Å². The van der Waals surface area contributed by atoms with Gasteiger partial charge in [-0.05, 0) is 55.5 Å². The second-order valence-electron chi connectivity index (χ2n) is 8.50. The Balaban J connectivity index is 1.30. The van der Waals surface area contributed by atoms with Crippen LogP contribution in [0.15, 0.2) is 48.7 Å². The van der Waals surface area contributed by atoms with Crippen LogP contribution in [0.25, 0.3) is 0 Å². The van der Waals surface area contributed by atoms with Crippen molar-refractivity contribution in [3.8, 4) is 5.75 Å². The lowest BCUT2D eigenvalue weighted by Gasteiger charge is -2.38. The third kappa shape index (κ3) is 6.42. The quantitative estimate of drug-likeness (QED) is 0.618. The van der Waals surface area contributed by atoms with Crippen molar-refractivity contribution >= 4 is 5.82 Å². The predicted octanol–water partition coefficient (Wildman–Crippen LogP) is 3.73. The highest BCUT2D eigenvalue weighted by Crippen LogP contribution is 2.36. The number of ether oxygens (including phenoxy) is 3. The van der Waals surface area contributed by atoms with E-state index in [0.29, 0.717) is 0 Å². The van der Waals surface area contributed by atoms with Gasteiger partial charge in [-0.3, -0.25) is 0 Å². The summed E-state index contributed by atoms with van der Waals surface area (Å²) >= 11 is 0. The fraction of sp³-hybridized carbons (Fsp3) is 0.560. The molecule has 0 saturated carbocycles. The fourth-order valence-corrected chi connectivity index (χ4v) is 4.46. The Morgan fingerprint density at radius 2 is 1.81 bits per heavy atom. The van der Waals surface area contributed by atoms with Gasteiger partial charge in [0, 0.05) is 57.6 Å². The Labute approximate surface area is 185 Å². The lowest BCUT2D eigenvalue weighted by Crippen LogP contribution is -2.40. The van der Waals surface area contributed by atoms with E-state index < -0.39 is 0 Å². The molecule has 0 radical (unpaired) electrons. The zero-order chi connectivity index (χ0) is 21.2. The molecule has 0 unspecified atom stereocenters. The number of rotatable bonds is 9. The molecule has 4 rings (SSSR count). The minimum absolute atomic E-state index is 0.0587. The van der Waals surface area contributed by atoms with Gasteiger partial charge in [-0.1, -0.05) is 18.2 Å². The molecule has 2 aromatic rings. The van der Waals surface area contributed by atoms with E-state index in [-0.39, 0.29) is 5.41 Å². The topological polar surface area (TPSA) is 55.9 Å². The Bertz CT molecular complexity index is 755. The van der Waals surface area contributed by atoms with Crippen molar-refractivity contribution in [1.82, 2.24) is 9.88 Å². The maximum absolute atomic E-state index is 6.02. The highest BCUT2D eigenvalue weighted by molar-refractivity contribution is 5.38. The van der Waals surface area contributed by atoms with Gasteiger partial charge in [0.15, 0.2) is 0 Å². The summed E-state index contributed by atoms with van der Waals surface area (Å²) in [6, 6.07) is 14.7. The van der Waals surface area contributed by atoms with Crippen LogP contribution in [0.5, 0.6) is 5.75 Å². The number of anilines is 1. The van der Waals surface area contributed by atoms with Gasteiger partial charge in [0.1, 0.15) is 11.6 Å². The van der Waals surface area contributed by atoms with Crippen LogP contribution in [0.1, 0.15) is 31.2 Å². The van der Waals surface area contributed by atoms with Gasteiger partial charge in [-0.15, -0.1) is 0 Å². The number of nitrogens with zero attached hydrogens (tertiary/aromatic N) is 2. The number of nitrogens with one attached hydrogen (secondary N) is 1. The fourth-order valence-electron chi connectivity index (χ4n) is 4.46. The summed E-state index contributed by atoms with van der Waals surface area (Å²) < 4.78 is 17.2. The van der Waals surface area contributed by atoms with E-state index in [4.69, 9.17) is 14.2 Å². The van der Waals surface area contributed by atoms with Gasteiger partial charge in [-0.2, -0.15) is 0 Å². The summed E-state index contributed by atoms with van der Waals surface area (Å²) in [5, 5.41) is 3.53. The lowest BCUT2D eigenvalue weighted by atomic mass is 9.74. The van der Waals surface area contributed by atoms with Crippen molar-refractivity contribution < 1.29 is 14.2 Å². The summed E-state index contributed by atoms with van der Waals surface area (Å²) in [4.78, 5) is 6.89. The summed E-state index contributed by atoms with van der Waals surface area (Å²) in [6.07, 6.45) is 6.01. The van der Waals surface area contributed by atoms with Crippen molar-refractivity contribution in [3.63, 3.8) is 0 Å². The SMILES string of the molecule is c1ccc(NCC2(c3ccc(OCCCN4CCCOCC4)cc3)CCOCC2)nc1. The molecule has 1 aromatic heterocycles. The van der Waals surface area contributed by atoms with Crippen LogP contribution < -0.4 is 10.1 Å². The Hall–Kier alpha value is -2.15. The van der Waals surface area contributed by atoms with Crippen LogP contribution in [-0.4, -0.2) is 69.1 Å². The minimum atomic E-state index is 0.0587. The second kappa shape index (κ2) is 11.5. The third-order valence-electron chi connectivity index (χ3n) is 6.39. The molecule has 3 heterocycles. The predicted molar refractivity (Wildman–Crippen MR) is 123 cm³/mol. The first-order chi connectivity index (χ1) is 15.3. The van der Waals surface area contributed by atoms with E-state index in [1.807, 2.05) is 24.4 Å². The first-order valence-electron chi connectivity index (χ1n) is 11.6. The van der Waals surface area contributed by atoms with Crippen LogP contribution in [0.4, 0.5) is 5.82 Å². The zero-order valence-electron chi connectivity index (χ0n) is 18.4. The Morgan fingerprint density at radius 1 is 0.968 bits per heavy atom. The normalized spacial score (nSPS) is 19.5. The van der Waals surface area contributed by atoms with Gasteiger partial charge < -0.3 is 24.4 Å². The molecule has 0 aliphatic carbocycles. The van der Waals surface area contributed by atoms with Crippen molar-refractivity contribution in [2.24, 2.45) is 0 Å². The van der Waals surface area contributed by atoms with Crippen molar-refractivity contribution in [2.75, 3.05) is 64.5 Å². The number of pyridine rings is 1. The van der Waals surface area contributed by atoms with Gasteiger partial charge in [0.2, 0.25) is 0 Å². The molecule has 1 aromatic carbocycles. The van der Waals surface area contributed by atoms with E-state index in [9.17, 15) is 0 Å². The number of benzene rings is 1. The molecule has 1 N–H and O–H groups in total. The first-order valence-corrected chi connectivity index (χ1v) is 11.6. The maximum atomic E-state index is 6.02. The zero-order valence-corrected chi connectivity index (χ0v) is 18.4. The second-order valence-corrected chi connectivity index (χ2v) is 8.50. The highest BCUT2D eigenvalue weighted by atomic mass is 16.5. The van der Waals surface area contributed by atoms with Crippen molar-refractivity contribution in [3.05, 3.63) is 54.2 Å².